The first-order valence-electron chi connectivity index (χ1n) is 13.3. The molecule has 2 aromatic rings. The van der Waals surface area contributed by atoms with Crippen LogP contribution in [0.5, 0.6) is 11.5 Å². The first kappa shape index (κ1) is 24.5. The van der Waals surface area contributed by atoms with Crippen LogP contribution in [0.4, 0.5) is 5.69 Å². The predicted octanol–water partition coefficient (Wildman–Crippen LogP) is 3.49. The van der Waals surface area contributed by atoms with E-state index >= 15 is 0 Å². The first-order valence-corrected chi connectivity index (χ1v) is 13.3. The number of rotatable bonds is 6. The van der Waals surface area contributed by atoms with Crippen molar-refractivity contribution in [2.75, 3.05) is 39.8 Å². The number of nitrogens with one attached hydrogen (secondary N) is 1. The van der Waals surface area contributed by atoms with Crippen LogP contribution in [-0.2, 0) is 24.4 Å². The zero-order valence-corrected chi connectivity index (χ0v) is 22.5. The Kier molecular flexibility index (Phi) is 5.16. The van der Waals surface area contributed by atoms with E-state index in [4.69, 9.17) is 23.7 Å². The van der Waals surface area contributed by atoms with E-state index in [0.717, 1.165) is 16.8 Å². The molecule has 9 heteroatoms. The maximum atomic E-state index is 14.3. The van der Waals surface area contributed by atoms with Crippen molar-refractivity contribution in [1.82, 2.24) is 4.90 Å². The van der Waals surface area contributed by atoms with Crippen LogP contribution in [0.3, 0.4) is 0 Å². The topological polar surface area (TPSA) is 95.6 Å². The Bertz CT molecular complexity index is 1420. The summed E-state index contributed by atoms with van der Waals surface area (Å²) >= 11 is 0. The second kappa shape index (κ2) is 8.22. The fourth-order valence-electron chi connectivity index (χ4n) is 8.52. The van der Waals surface area contributed by atoms with Gasteiger partial charge in [-0.2, -0.15) is 0 Å². The molecule has 6 atom stereocenters. The molecule has 4 aliphatic heterocycles. The molecule has 2 aromatic carbocycles. The summed E-state index contributed by atoms with van der Waals surface area (Å²) in [5.74, 6) is -0.177. The Morgan fingerprint density at radius 2 is 1.92 bits per heavy atom. The van der Waals surface area contributed by atoms with Gasteiger partial charge in [-0.1, -0.05) is 29.8 Å². The molecule has 5 aliphatic rings. The van der Waals surface area contributed by atoms with Crippen LogP contribution in [0.2, 0.25) is 0 Å². The number of ether oxygens (including phenoxy) is 5. The Balaban J connectivity index is 1.38. The molecule has 0 radical (unpaired) electrons. The van der Waals surface area contributed by atoms with Crippen molar-refractivity contribution in [2.45, 2.75) is 43.2 Å². The molecular weight excluding hydrogens is 500 g/mol. The zero-order chi connectivity index (χ0) is 27.2. The van der Waals surface area contributed by atoms with Gasteiger partial charge in [0.15, 0.2) is 17.2 Å². The minimum Gasteiger partial charge on any atom is -0.493 e. The maximum absolute atomic E-state index is 14.3. The summed E-state index contributed by atoms with van der Waals surface area (Å²) in [5, 5.41) is 3.73. The summed E-state index contributed by atoms with van der Waals surface area (Å²) in [6.07, 6.45) is 3.24. The second-order valence-electron chi connectivity index (χ2n) is 11.0. The first-order chi connectivity index (χ1) is 18.9. The third-order valence-corrected chi connectivity index (χ3v) is 9.98. The van der Waals surface area contributed by atoms with Crippen molar-refractivity contribution in [1.29, 1.82) is 0 Å². The summed E-state index contributed by atoms with van der Waals surface area (Å²) in [6.45, 7) is 2.57. The Hall–Kier alpha value is -3.56. The molecule has 1 aliphatic carbocycles. The van der Waals surface area contributed by atoms with Crippen molar-refractivity contribution in [3.63, 3.8) is 0 Å². The number of allylic oxidation sites excluding steroid dienone is 1. The minimum absolute atomic E-state index is 0.0803. The molecule has 39 heavy (non-hydrogen) atoms. The smallest absolute Gasteiger partial charge is 0.338 e. The van der Waals surface area contributed by atoms with Crippen molar-refractivity contribution in [2.24, 2.45) is 11.3 Å². The monoisotopic (exact) mass is 532 g/mol. The molecule has 1 saturated carbocycles. The number of nitrogens with zero attached hydrogens (tertiary/aromatic N) is 1. The fourth-order valence-corrected chi connectivity index (χ4v) is 8.52. The lowest BCUT2D eigenvalue weighted by Crippen LogP contribution is -2.78. The van der Waals surface area contributed by atoms with E-state index in [2.05, 4.69) is 22.4 Å². The van der Waals surface area contributed by atoms with Crippen LogP contribution in [0.25, 0.3) is 0 Å². The van der Waals surface area contributed by atoms with Gasteiger partial charge in [0.05, 0.1) is 38.3 Å². The minimum atomic E-state index is -1.20. The predicted molar refractivity (Wildman–Crippen MR) is 141 cm³/mol. The normalized spacial score (nSPS) is 35.8. The van der Waals surface area contributed by atoms with Gasteiger partial charge in [0.2, 0.25) is 0 Å². The highest BCUT2D eigenvalue weighted by Crippen LogP contribution is 2.76. The molecule has 0 aromatic heterocycles. The van der Waals surface area contributed by atoms with E-state index in [1.807, 2.05) is 25.1 Å². The number of piperidine rings is 2. The number of fused-ring (bicyclic) bond motifs is 4. The summed E-state index contributed by atoms with van der Waals surface area (Å²) in [5.41, 5.74) is 0.618. The highest BCUT2D eigenvalue weighted by atomic mass is 16.6. The lowest BCUT2D eigenvalue weighted by molar-refractivity contribution is -0.191. The van der Waals surface area contributed by atoms with Crippen LogP contribution in [0.1, 0.15) is 35.7 Å². The van der Waals surface area contributed by atoms with Gasteiger partial charge >= 0.3 is 11.9 Å². The molecule has 1 N–H and O–H groups in total. The molecule has 7 rings (SSSR count). The standard InChI is InChI=1S/C30H32N2O7/c1-5-17-15-32-24-13-20(17)28(27(34)37-4,16-38-26(33)18-10-11-22(35-2)23(12-18)36-3)29-14-25(32)39-30(24,29)31-21-9-7-6-8-19(21)29/h5-12,20,24-25,31H,13-16H2,1-4H3/t20-,24-,25-,28-,29-,30-/m0/s1. The molecule has 4 bridgehead atoms. The Morgan fingerprint density at radius 1 is 1.13 bits per heavy atom. The number of carbonyl (C=O) groups excluding carboxylic acids is 2. The van der Waals surface area contributed by atoms with Gasteiger partial charge in [-0.15, -0.1) is 0 Å². The van der Waals surface area contributed by atoms with Crippen LogP contribution in [-0.4, -0.2) is 69.3 Å². The Morgan fingerprint density at radius 3 is 2.67 bits per heavy atom. The van der Waals surface area contributed by atoms with Gasteiger partial charge in [0.25, 0.3) is 0 Å². The maximum Gasteiger partial charge on any atom is 0.338 e. The molecule has 4 fully saturated rings. The summed E-state index contributed by atoms with van der Waals surface area (Å²) < 4.78 is 29.3. The fraction of sp³-hybridized carbons (Fsp3) is 0.467. The molecule has 1 spiro atoms. The third kappa shape index (κ3) is 2.72. The van der Waals surface area contributed by atoms with Gasteiger partial charge in [0.1, 0.15) is 18.2 Å². The number of hydrogen-bond acceptors (Lipinski definition) is 9. The third-order valence-electron chi connectivity index (χ3n) is 9.98. The second-order valence-corrected chi connectivity index (χ2v) is 11.0. The molecule has 204 valence electrons. The molecule has 0 amide bonds. The van der Waals surface area contributed by atoms with E-state index in [1.165, 1.54) is 21.3 Å². The van der Waals surface area contributed by atoms with E-state index in [9.17, 15) is 9.59 Å². The summed E-state index contributed by atoms with van der Waals surface area (Å²) in [6, 6.07) is 13.1. The van der Waals surface area contributed by atoms with Gasteiger partial charge in [0, 0.05) is 24.6 Å². The number of benzene rings is 2. The van der Waals surface area contributed by atoms with Crippen molar-refractivity contribution in [3.05, 3.63) is 65.2 Å². The average molecular weight is 533 g/mol. The number of hydrogen-bond donors (Lipinski definition) is 1. The molecule has 3 saturated heterocycles. The van der Waals surface area contributed by atoms with Crippen molar-refractivity contribution in [3.8, 4) is 11.5 Å². The average Bonchev–Trinajstić information content (AvgIpc) is 3.59. The van der Waals surface area contributed by atoms with E-state index in [-0.39, 0.29) is 30.8 Å². The van der Waals surface area contributed by atoms with Gasteiger partial charge in [-0.25, -0.2) is 4.79 Å². The van der Waals surface area contributed by atoms with Crippen LogP contribution in [0.15, 0.2) is 54.1 Å². The van der Waals surface area contributed by atoms with Gasteiger partial charge < -0.3 is 29.0 Å². The largest absolute Gasteiger partial charge is 0.493 e. The SMILES string of the molecule is CC=C1CN2[C@@H]3C[C@@]45c6ccccc6N[C@]4(O3)[C@@H]2C[C@@H]1[C@@]5(COC(=O)c1ccc(OC)c(OC)c1)C(=O)OC. The molecular formula is C30H32N2O7. The number of esters is 2. The number of methoxy groups -OCH3 is 3. The van der Waals surface area contributed by atoms with Crippen molar-refractivity contribution < 1.29 is 33.3 Å². The van der Waals surface area contributed by atoms with Gasteiger partial charge in [-0.05, 0) is 43.2 Å². The Labute approximate surface area is 227 Å². The summed E-state index contributed by atoms with van der Waals surface area (Å²) in [4.78, 5) is 30.3. The number of anilines is 1. The van der Waals surface area contributed by atoms with Crippen LogP contribution in [0, 0.1) is 11.3 Å². The quantitative estimate of drug-likeness (QED) is 0.443. The highest BCUT2D eigenvalue weighted by molar-refractivity contribution is 5.91. The van der Waals surface area contributed by atoms with Crippen LogP contribution < -0.4 is 14.8 Å². The van der Waals surface area contributed by atoms with Gasteiger partial charge in [-0.3, -0.25) is 9.69 Å². The van der Waals surface area contributed by atoms with Crippen LogP contribution >= 0.6 is 0 Å². The lowest BCUT2D eigenvalue weighted by Gasteiger charge is -2.64. The zero-order valence-electron chi connectivity index (χ0n) is 22.5. The van der Waals surface area contributed by atoms with E-state index in [1.54, 1.807) is 18.2 Å². The van der Waals surface area contributed by atoms with E-state index < -0.39 is 22.5 Å². The van der Waals surface area contributed by atoms with E-state index in [0.29, 0.717) is 36.4 Å². The summed E-state index contributed by atoms with van der Waals surface area (Å²) in [7, 11) is 4.47. The van der Waals surface area contributed by atoms with Crippen molar-refractivity contribution >= 4 is 17.6 Å². The number of carbonyl (C=O) groups is 2. The number of para-hydroxylation sites is 1. The lowest BCUT2D eigenvalue weighted by atomic mass is 9.42. The molecule has 9 nitrogen and oxygen atoms in total. The highest BCUT2D eigenvalue weighted by Gasteiger charge is 2.87. The molecule has 0 unspecified atom stereocenters. The molecule has 4 heterocycles.